The summed E-state index contributed by atoms with van der Waals surface area (Å²) in [4.78, 5) is 25.9. The van der Waals surface area contributed by atoms with Crippen molar-refractivity contribution in [1.82, 2.24) is 0 Å². The van der Waals surface area contributed by atoms with E-state index in [2.05, 4.69) is 18.3 Å². The summed E-state index contributed by atoms with van der Waals surface area (Å²) < 4.78 is 0. The van der Waals surface area contributed by atoms with Crippen LogP contribution < -0.4 is 5.32 Å². The molecule has 1 N–H and O–H groups in total. The van der Waals surface area contributed by atoms with Gasteiger partial charge in [-0.05, 0) is 29.5 Å². The Morgan fingerprint density at radius 2 is 1.73 bits per heavy atom. The molecule has 2 atom stereocenters. The van der Waals surface area contributed by atoms with E-state index in [-0.39, 0.29) is 17.6 Å². The number of para-hydroxylation sites is 1. The molecule has 3 heteroatoms. The van der Waals surface area contributed by atoms with Gasteiger partial charge in [0.15, 0.2) is 11.2 Å². The van der Waals surface area contributed by atoms with E-state index in [4.69, 9.17) is 0 Å². The van der Waals surface area contributed by atoms with Crippen LogP contribution in [-0.2, 0) is 15.0 Å². The molecule has 0 saturated carbocycles. The van der Waals surface area contributed by atoms with Crippen molar-refractivity contribution in [3.63, 3.8) is 0 Å². The first-order valence-corrected chi connectivity index (χ1v) is 7.73. The first-order chi connectivity index (χ1) is 10.7. The third kappa shape index (κ3) is 1.46. The second-order valence-electron chi connectivity index (χ2n) is 6.07. The van der Waals surface area contributed by atoms with Gasteiger partial charge in [-0.2, -0.15) is 0 Å². The maximum Gasteiger partial charge on any atom is 0.247 e. The molecule has 1 heterocycles. The molecule has 1 aliphatic carbocycles. The molecular weight excluding hydrogens is 274 g/mol. The van der Waals surface area contributed by atoms with Gasteiger partial charge in [-0.25, -0.2) is 0 Å². The molecular formula is C19H17NO2. The van der Waals surface area contributed by atoms with Gasteiger partial charge in [0, 0.05) is 17.7 Å². The summed E-state index contributed by atoms with van der Waals surface area (Å²) in [6.07, 6.45) is 1.33. The second kappa shape index (κ2) is 4.54. The predicted octanol–water partition coefficient (Wildman–Crippen LogP) is 3.39. The molecule has 2 aliphatic rings. The van der Waals surface area contributed by atoms with Crippen LogP contribution in [0.25, 0.3) is 0 Å². The van der Waals surface area contributed by atoms with Crippen molar-refractivity contribution in [2.24, 2.45) is 0 Å². The van der Waals surface area contributed by atoms with Crippen LogP contribution in [0, 0.1) is 0 Å². The lowest BCUT2D eigenvalue weighted by molar-refractivity contribution is -0.132. The number of Topliss-reactive ketones (excluding diaryl/α,β-unsaturated/α-hetero) is 1. The van der Waals surface area contributed by atoms with Gasteiger partial charge in [0.05, 0.1) is 0 Å². The SMILES string of the molecule is CCC1CC(=O)C2(C(=O)Nc3ccccc32)c2ccccc21. The summed E-state index contributed by atoms with van der Waals surface area (Å²) in [6.45, 7) is 2.09. The Morgan fingerprint density at radius 3 is 2.50 bits per heavy atom. The maximum atomic E-state index is 13.1. The van der Waals surface area contributed by atoms with Crippen molar-refractivity contribution in [3.8, 4) is 0 Å². The van der Waals surface area contributed by atoms with Crippen molar-refractivity contribution in [1.29, 1.82) is 0 Å². The molecule has 2 unspecified atom stereocenters. The number of carbonyl (C=O) groups is 2. The highest BCUT2D eigenvalue weighted by molar-refractivity contribution is 6.24. The normalized spacial score (nSPS) is 25.8. The van der Waals surface area contributed by atoms with Gasteiger partial charge in [-0.1, -0.05) is 49.4 Å². The Bertz CT molecular complexity index is 796. The fourth-order valence-corrected chi connectivity index (χ4v) is 4.00. The number of amides is 1. The number of rotatable bonds is 1. The lowest BCUT2D eigenvalue weighted by Crippen LogP contribution is -2.47. The van der Waals surface area contributed by atoms with Gasteiger partial charge < -0.3 is 5.32 Å². The van der Waals surface area contributed by atoms with E-state index in [9.17, 15) is 9.59 Å². The Hall–Kier alpha value is -2.42. The minimum atomic E-state index is -1.15. The van der Waals surface area contributed by atoms with Crippen LogP contribution >= 0.6 is 0 Å². The van der Waals surface area contributed by atoms with E-state index in [0.29, 0.717) is 6.42 Å². The van der Waals surface area contributed by atoms with E-state index in [0.717, 1.165) is 28.8 Å². The molecule has 2 aromatic rings. The number of fused-ring (bicyclic) bond motifs is 4. The summed E-state index contributed by atoms with van der Waals surface area (Å²) in [5, 5.41) is 2.90. The van der Waals surface area contributed by atoms with Crippen molar-refractivity contribution in [3.05, 3.63) is 65.2 Å². The standard InChI is InChI=1S/C19H17NO2/c1-2-12-11-17(21)19(14-8-4-3-7-13(12)14)15-9-5-6-10-16(15)20-18(19)22/h3-10,12H,2,11H2,1H3,(H,20,22). The smallest absolute Gasteiger partial charge is 0.247 e. The van der Waals surface area contributed by atoms with Crippen LogP contribution in [0.1, 0.15) is 42.4 Å². The number of carbonyl (C=O) groups excluding carboxylic acids is 2. The van der Waals surface area contributed by atoms with Crippen LogP contribution in [0.3, 0.4) is 0 Å². The van der Waals surface area contributed by atoms with Crippen molar-refractivity contribution in [2.45, 2.75) is 31.1 Å². The zero-order valence-electron chi connectivity index (χ0n) is 12.4. The molecule has 4 rings (SSSR count). The third-order valence-corrected chi connectivity index (χ3v) is 5.07. The molecule has 0 bridgehead atoms. The molecule has 3 nitrogen and oxygen atoms in total. The summed E-state index contributed by atoms with van der Waals surface area (Å²) in [5.41, 5.74) is 2.40. The van der Waals surface area contributed by atoms with Gasteiger partial charge in [-0.15, -0.1) is 0 Å². The maximum absolute atomic E-state index is 13.1. The summed E-state index contributed by atoms with van der Waals surface area (Å²) in [5.74, 6) is 0.0103. The molecule has 22 heavy (non-hydrogen) atoms. The number of anilines is 1. The number of hydrogen-bond acceptors (Lipinski definition) is 2. The fraction of sp³-hybridized carbons (Fsp3) is 0.263. The monoisotopic (exact) mass is 291 g/mol. The summed E-state index contributed by atoms with van der Waals surface area (Å²) >= 11 is 0. The summed E-state index contributed by atoms with van der Waals surface area (Å²) in [6, 6.07) is 15.4. The molecule has 2 aromatic carbocycles. The van der Waals surface area contributed by atoms with Crippen LogP contribution in [-0.4, -0.2) is 11.7 Å². The Kier molecular flexibility index (Phi) is 2.73. The number of benzene rings is 2. The van der Waals surface area contributed by atoms with Gasteiger partial charge in [0.2, 0.25) is 5.91 Å². The lowest BCUT2D eigenvalue weighted by atomic mass is 9.62. The minimum absolute atomic E-state index is 0.0144. The van der Waals surface area contributed by atoms with E-state index >= 15 is 0 Å². The molecule has 1 spiro atoms. The second-order valence-corrected chi connectivity index (χ2v) is 6.07. The van der Waals surface area contributed by atoms with E-state index in [1.165, 1.54) is 0 Å². The molecule has 0 fully saturated rings. The molecule has 0 saturated heterocycles. The Morgan fingerprint density at radius 1 is 1.05 bits per heavy atom. The van der Waals surface area contributed by atoms with Crippen molar-refractivity contribution < 1.29 is 9.59 Å². The Balaban J connectivity index is 2.06. The minimum Gasteiger partial charge on any atom is -0.324 e. The first-order valence-electron chi connectivity index (χ1n) is 7.73. The average Bonchev–Trinajstić information content (AvgIpc) is 2.84. The zero-order chi connectivity index (χ0) is 15.3. The molecule has 0 radical (unpaired) electrons. The van der Waals surface area contributed by atoms with Gasteiger partial charge in [0.25, 0.3) is 0 Å². The van der Waals surface area contributed by atoms with E-state index < -0.39 is 5.41 Å². The average molecular weight is 291 g/mol. The highest BCUT2D eigenvalue weighted by Gasteiger charge is 2.57. The van der Waals surface area contributed by atoms with Crippen molar-refractivity contribution in [2.75, 3.05) is 5.32 Å². The highest BCUT2D eigenvalue weighted by atomic mass is 16.2. The number of hydrogen-bond donors (Lipinski definition) is 1. The van der Waals surface area contributed by atoms with Gasteiger partial charge in [-0.3, -0.25) is 9.59 Å². The number of nitrogens with one attached hydrogen (secondary N) is 1. The molecule has 110 valence electrons. The van der Waals surface area contributed by atoms with Crippen molar-refractivity contribution >= 4 is 17.4 Å². The number of ketones is 1. The summed E-state index contributed by atoms with van der Waals surface area (Å²) in [7, 11) is 0. The lowest BCUT2D eigenvalue weighted by Gasteiger charge is -2.36. The van der Waals surface area contributed by atoms with Crippen LogP contribution in [0.5, 0.6) is 0 Å². The Labute approximate surface area is 129 Å². The van der Waals surface area contributed by atoms with Gasteiger partial charge >= 0.3 is 0 Å². The first kappa shape index (κ1) is 13.3. The largest absolute Gasteiger partial charge is 0.324 e. The molecule has 1 aliphatic heterocycles. The van der Waals surface area contributed by atoms with Gasteiger partial charge in [0.1, 0.15) is 0 Å². The van der Waals surface area contributed by atoms with Crippen LogP contribution in [0.4, 0.5) is 5.69 Å². The fourth-order valence-electron chi connectivity index (χ4n) is 4.00. The quantitative estimate of drug-likeness (QED) is 0.819. The van der Waals surface area contributed by atoms with Crippen LogP contribution in [0.15, 0.2) is 48.5 Å². The topological polar surface area (TPSA) is 46.2 Å². The van der Waals surface area contributed by atoms with E-state index in [1.807, 2.05) is 42.5 Å². The highest BCUT2D eigenvalue weighted by Crippen LogP contribution is 2.50. The third-order valence-electron chi connectivity index (χ3n) is 5.07. The molecule has 1 amide bonds. The van der Waals surface area contributed by atoms with Crippen LogP contribution in [0.2, 0.25) is 0 Å². The predicted molar refractivity (Wildman–Crippen MR) is 84.9 cm³/mol. The van der Waals surface area contributed by atoms with E-state index in [1.54, 1.807) is 0 Å². The zero-order valence-corrected chi connectivity index (χ0v) is 12.4. The molecule has 0 aromatic heterocycles.